The Bertz CT molecular complexity index is 1790. The fourth-order valence-electron chi connectivity index (χ4n) is 4.38. The Morgan fingerprint density at radius 3 is 2.68 bits per heavy atom. The average molecular weight is 529 g/mol. The number of phenols is 1. The quantitative estimate of drug-likeness (QED) is 0.224. The van der Waals surface area contributed by atoms with E-state index in [4.69, 9.17) is 22.7 Å². The number of pyridine rings is 1. The van der Waals surface area contributed by atoms with Crippen LogP contribution in [0.4, 0.5) is 16.0 Å². The van der Waals surface area contributed by atoms with Crippen molar-refractivity contribution in [2.45, 2.75) is 13.5 Å². The van der Waals surface area contributed by atoms with Crippen LogP contribution in [0.5, 0.6) is 5.75 Å². The Hall–Kier alpha value is -4.76. The van der Waals surface area contributed by atoms with Gasteiger partial charge in [0.05, 0.1) is 33.9 Å². The van der Waals surface area contributed by atoms with Gasteiger partial charge in [-0.15, -0.1) is 0 Å². The van der Waals surface area contributed by atoms with E-state index in [0.717, 1.165) is 5.56 Å². The largest absolute Gasteiger partial charge is 0.506 e. The summed E-state index contributed by atoms with van der Waals surface area (Å²) < 4.78 is 16.2. The predicted octanol–water partition coefficient (Wildman–Crippen LogP) is 5.20. The summed E-state index contributed by atoms with van der Waals surface area (Å²) in [7, 11) is 0. The van der Waals surface area contributed by atoms with Gasteiger partial charge in [-0.1, -0.05) is 41.9 Å². The monoisotopic (exact) mass is 528 g/mol. The molecule has 0 bridgehead atoms. The molecule has 0 fully saturated rings. The van der Waals surface area contributed by atoms with Gasteiger partial charge in [0.15, 0.2) is 0 Å². The number of nitrogens with one attached hydrogen (secondary N) is 2. The molecule has 0 unspecified atom stereocenters. The van der Waals surface area contributed by atoms with Crippen molar-refractivity contribution in [1.82, 2.24) is 14.5 Å². The number of anilines is 2. The second kappa shape index (κ2) is 9.95. The smallest absolute Gasteiger partial charge is 0.263 e. The van der Waals surface area contributed by atoms with Gasteiger partial charge >= 0.3 is 0 Å². The number of aromatic hydroxyl groups is 1. The van der Waals surface area contributed by atoms with Crippen molar-refractivity contribution in [3.63, 3.8) is 0 Å². The number of aromatic nitrogens is 3. The van der Waals surface area contributed by atoms with Crippen molar-refractivity contribution in [2.24, 2.45) is 0 Å². The number of fused-ring (bicyclic) bond motifs is 1. The molecule has 2 aromatic heterocycles. The van der Waals surface area contributed by atoms with Crippen LogP contribution in [0, 0.1) is 18.2 Å². The van der Waals surface area contributed by atoms with Crippen molar-refractivity contribution in [1.29, 1.82) is 5.41 Å². The third-order valence-electron chi connectivity index (χ3n) is 6.22. The minimum atomic E-state index is -0.540. The number of nitrogens with two attached hydrogens (primary N) is 1. The zero-order chi connectivity index (χ0) is 27.0. The lowest BCUT2D eigenvalue weighted by atomic mass is 10.0. The van der Waals surface area contributed by atoms with Crippen molar-refractivity contribution in [3.05, 3.63) is 117 Å². The van der Waals surface area contributed by atoms with Gasteiger partial charge in [-0.05, 0) is 54.3 Å². The molecule has 0 saturated heterocycles. The van der Waals surface area contributed by atoms with E-state index in [-0.39, 0.29) is 51.5 Å². The van der Waals surface area contributed by atoms with E-state index in [1.165, 1.54) is 35.2 Å². The number of benzene rings is 3. The maximum Gasteiger partial charge on any atom is 0.263 e. The highest BCUT2D eigenvalue weighted by molar-refractivity contribution is 6.32. The van der Waals surface area contributed by atoms with Gasteiger partial charge in [0, 0.05) is 11.3 Å². The fraction of sp³-hybridized carbons (Fsp3) is 0.0714. The fourth-order valence-corrected chi connectivity index (χ4v) is 4.56. The van der Waals surface area contributed by atoms with Crippen LogP contribution in [0.15, 0.2) is 77.9 Å². The van der Waals surface area contributed by atoms with Crippen LogP contribution in [0.3, 0.4) is 0 Å². The number of phenolic OH excluding ortho intramolecular Hbond substituents is 1. The summed E-state index contributed by atoms with van der Waals surface area (Å²) in [6, 6.07) is 17.8. The zero-order valence-electron chi connectivity index (χ0n) is 20.2. The van der Waals surface area contributed by atoms with Crippen LogP contribution < -0.4 is 16.6 Å². The molecule has 0 saturated carbocycles. The molecule has 0 amide bonds. The summed E-state index contributed by atoms with van der Waals surface area (Å²) >= 11 is 6.04. The Balaban J connectivity index is 1.61. The van der Waals surface area contributed by atoms with E-state index < -0.39 is 5.82 Å². The van der Waals surface area contributed by atoms with Crippen molar-refractivity contribution in [3.8, 4) is 11.4 Å². The molecule has 0 aliphatic carbocycles. The number of para-hydroxylation sites is 1. The Morgan fingerprint density at radius 1 is 1.13 bits per heavy atom. The molecule has 0 spiro atoms. The first-order chi connectivity index (χ1) is 18.3. The van der Waals surface area contributed by atoms with Gasteiger partial charge in [-0.2, -0.15) is 0 Å². The molecular formula is C28H22ClFN6O2. The minimum absolute atomic E-state index is 0.0202. The van der Waals surface area contributed by atoms with E-state index in [1.807, 2.05) is 31.2 Å². The normalized spacial score (nSPS) is 11.0. The number of aryl methyl sites for hydroxylation is 1. The topological polar surface area (TPSA) is 130 Å². The van der Waals surface area contributed by atoms with Gasteiger partial charge in [-0.25, -0.2) is 14.4 Å². The highest BCUT2D eigenvalue weighted by Gasteiger charge is 2.19. The molecule has 190 valence electrons. The number of hydrogen-bond acceptors (Lipinski definition) is 7. The zero-order valence-corrected chi connectivity index (χ0v) is 20.9. The summed E-state index contributed by atoms with van der Waals surface area (Å²) in [5.41, 5.74) is 7.74. The second-order valence-electron chi connectivity index (χ2n) is 8.64. The van der Waals surface area contributed by atoms with Gasteiger partial charge in [0.2, 0.25) is 0 Å². The van der Waals surface area contributed by atoms with Gasteiger partial charge in [-0.3, -0.25) is 14.8 Å². The van der Waals surface area contributed by atoms with Crippen LogP contribution in [-0.2, 0) is 6.54 Å². The number of nitrogens with zero attached hydrogens (tertiary/aromatic N) is 3. The average Bonchev–Trinajstić information content (AvgIpc) is 2.89. The maximum absolute atomic E-state index is 14.9. The molecule has 0 aliphatic rings. The summed E-state index contributed by atoms with van der Waals surface area (Å²) in [6.07, 6.45) is 1.26. The van der Waals surface area contributed by atoms with Crippen LogP contribution >= 0.6 is 11.6 Å². The predicted molar refractivity (Wildman–Crippen MR) is 147 cm³/mol. The third kappa shape index (κ3) is 4.44. The third-order valence-corrected chi connectivity index (χ3v) is 6.53. The minimum Gasteiger partial charge on any atom is -0.506 e. The molecular weight excluding hydrogens is 507 g/mol. The van der Waals surface area contributed by atoms with E-state index in [9.17, 15) is 14.3 Å². The van der Waals surface area contributed by atoms with Crippen LogP contribution in [0.25, 0.3) is 16.5 Å². The molecule has 0 radical (unpaired) electrons. The highest BCUT2D eigenvalue weighted by atomic mass is 35.5. The first-order valence-electron chi connectivity index (χ1n) is 11.6. The summed E-state index contributed by atoms with van der Waals surface area (Å²) in [5.74, 6) is -0.362. The first kappa shape index (κ1) is 24.9. The van der Waals surface area contributed by atoms with E-state index in [0.29, 0.717) is 22.0 Å². The Labute approximate surface area is 221 Å². The number of hydrogen-bond donors (Lipinski definition) is 4. The van der Waals surface area contributed by atoms with Crippen LogP contribution in [0.2, 0.25) is 5.02 Å². The summed E-state index contributed by atoms with van der Waals surface area (Å²) in [5, 5.41) is 22.9. The van der Waals surface area contributed by atoms with Gasteiger partial charge < -0.3 is 16.2 Å². The molecule has 0 aliphatic heterocycles. The molecule has 38 heavy (non-hydrogen) atoms. The molecule has 5 rings (SSSR count). The van der Waals surface area contributed by atoms with Crippen molar-refractivity contribution < 1.29 is 9.50 Å². The van der Waals surface area contributed by atoms with Gasteiger partial charge in [0.25, 0.3) is 5.56 Å². The SMILES string of the molecule is Cc1cccc2cc(CNc3ncnc(N)c3C(=N)c3ccc(O)c(Cl)c3)n(-c3ccccc3F)c(=O)c12. The molecule has 2 heterocycles. The lowest BCUT2D eigenvalue weighted by Crippen LogP contribution is -2.25. The molecule has 5 aromatic rings. The molecule has 3 aromatic carbocycles. The number of rotatable bonds is 6. The standard InChI is InChI=1S/C28H22ClFN6O2/c1-15-5-4-6-16-11-18(36(28(38)23(15)16)21-8-3-2-7-20(21)30)13-33-27-24(26(32)34-14-35-27)25(31)17-9-10-22(37)19(29)12-17/h2-12,14,31,37H,13H2,1H3,(H3,32,33,34,35). The van der Waals surface area contributed by atoms with Crippen molar-refractivity contribution >= 4 is 39.7 Å². The Morgan fingerprint density at radius 2 is 1.92 bits per heavy atom. The molecule has 8 nitrogen and oxygen atoms in total. The highest BCUT2D eigenvalue weighted by Crippen LogP contribution is 2.28. The van der Waals surface area contributed by atoms with E-state index in [1.54, 1.807) is 18.2 Å². The van der Waals surface area contributed by atoms with Crippen LogP contribution in [-0.4, -0.2) is 25.4 Å². The molecule has 10 heteroatoms. The lowest BCUT2D eigenvalue weighted by molar-refractivity contribution is 0.475. The second-order valence-corrected chi connectivity index (χ2v) is 9.05. The first-order valence-corrected chi connectivity index (χ1v) is 12.0. The lowest BCUT2D eigenvalue weighted by Gasteiger charge is -2.18. The van der Waals surface area contributed by atoms with E-state index in [2.05, 4.69) is 15.3 Å². The van der Waals surface area contributed by atoms with Crippen molar-refractivity contribution in [2.75, 3.05) is 11.1 Å². The Kier molecular flexibility index (Phi) is 6.52. The van der Waals surface area contributed by atoms with Gasteiger partial charge in [0.1, 0.15) is 29.5 Å². The van der Waals surface area contributed by atoms with E-state index >= 15 is 0 Å². The maximum atomic E-state index is 14.9. The number of halogens is 2. The van der Waals surface area contributed by atoms with Crippen LogP contribution in [0.1, 0.15) is 22.4 Å². The molecule has 0 atom stereocenters. The molecule has 5 N–H and O–H groups in total. The number of nitrogen functional groups attached to an aromatic ring is 1. The summed E-state index contributed by atoms with van der Waals surface area (Å²) in [6.45, 7) is 1.89. The summed E-state index contributed by atoms with van der Waals surface area (Å²) in [4.78, 5) is 22.0.